The maximum absolute atomic E-state index is 7.37. The molecule has 3 heterocycles. The SMILES string of the molecule is [C-]#[N+]c1ccc(-c2nc(-c3ccc(-c4ccc(C56CC7CC(CC(C7)C5)C6)cc4)cc3)nc(-c3cnc4c(c3)sc3ccccc34)n2)cc1. The molecule has 3 aromatic heterocycles. The molecule has 49 heavy (non-hydrogen) atoms. The summed E-state index contributed by atoms with van der Waals surface area (Å²) in [5, 5.41) is 1.16. The van der Waals surface area contributed by atoms with Crippen molar-refractivity contribution in [1.82, 2.24) is 19.9 Å². The van der Waals surface area contributed by atoms with Crippen LogP contribution in [0, 0.1) is 24.3 Å². The second-order valence-electron chi connectivity index (χ2n) is 14.5. The quantitative estimate of drug-likeness (QED) is 0.174. The molecule has 11 rings (SSSR count). The van der Waals surface area contributed by atoms with Crippen LogP contribution < -0.4 is 0 Å². The second kappa shape index (κ2) is 11.1. The largest absolute Gasteiger partial charge is 0.254 e. The number of rotatable bonds is 5. The molecule has 4 aliphatic rings. The van der Waals surface area contributed by atoms with Crippen LogP contribution in [0.3, 0.4) is 0 Å². The Morgan fingerprint density at radius 1 is 0.592 bits per heavy atom. The van der Waals surface area contributed by atoms with Gasteiger partial charge in [-0.25, -0.2) is 19.8 Å². The molecule has 5 nitrogen and oxygen atoms in total. The van der Waals surface area contributed by atoms with Crippen LogP contribution in [-0.4, -0.2) is 19.9 Å². The Bertz CT molecular complexity index is 2380. The van der Waals surface area contributed by atoms with E-state index in [0.29, 0.717) is 28.6 Å². The van der Waals surface area contributed by atoms with Crippen molar-refractivity contribution >= 4 is 37.3 Å². The summed E-state index contributed by atoms with van der Waals surface area (Å²) in [4.78, 5) is 23.3. The molecule has 4 aromatic carbocycles. The predicted octanol–water partition coefficient (Wildman–Crippen LogP) is 11.3. The third-order valence-electron chi connectivity index (χ3n) is 11.4. The van der Waals surface area contributed by atoms with E-state index in [9.17, 15) is 0 Å². The standard InChI is InChI=1S/C43H33N5S/c1-44-35-16-12-32(13-17-35)41-46-40(47-42(48-41)33-21-38-39(45-25-33)36-4-2-3-5-37(36)49-38)31-8-6-29(7-9-31)30-10-14-34(15-11-30)43-22-26-18-27(23-43)20-28(19-26)24-43/h2-17,21,25-28H,18-20,22-24H2. The Kier molecular flexibility index (Phi) is 6.54. The summed E-state index contributed by atoms with van der Waals surface area (Å²) < 4.78 is 2.31. The molecule has 0 aliphatic heterocycles. The van der Waals surface area contributed by atoms with Crippen LogP contribution in [0.25, 0.3) is 70.4 Å². The highest BCUT2D eigenvalue weighted by molar-refractivity contribution is 7.25. The third kappa shape index (κ3) is 4.95. The van der Waals surface area contributed by atoms with Crippen molar-refractivity contribution in [1.29, 1.82) is 0 Å². The number of hydrogen-bond donors (Lipinski definition) is 0. The molecule has 6 heteroatoms. The number of thiophene rings is 1. The van der Waals surface area contributed by atoms with E-state index in [1.165, 1.54) is 54.4 Å². The first-order valence-corrected chi connectivity index (χ1v) is 18.1. The average Bonchev–Trinajstić information content (AvgIpc) is 3.52. The Morgan fingerprint density at radius 2 is 1.12 bits per heavy atom. The molecule has 4 aliphatic carbocycles. The summed E-state index contributed by atoms with van der Waals surface area (Å²) in [6.07, 6.45) is 10.5. The maximum atomic E-state index is 7.37. The zero-order chi connectivity index (χ0) is 32.5. The van der Waals surface area contributed by atoms with Gasteiger partial charge < -0.3 is 0 Å². The highest BCUT2D eigenvalue weighted by Gasteiger charge is 2.51. The summed E-state index contributed by atoms with van der Waals surface area (Å²) in [6.45, 7) is 7.37. The molecule has 0 radical (unpaired) electrons. The molecule has 0 atom stereocenters. The number of fused-ring (bicyclic) bond motifs is 3. The van der Waals surface area contributed by atoms with E-state index >= 15 is 0 Å². The van der Waals surface area contributed by atoms with Crippen LogP contribution >= 0.6 is 11.3 Å². The number of aromatic nitrogens is 4. The van der Waals surface area contributed by atoms with Gasteiger partial charge in [-0.15, -0.1) is 11.3 Å². The molecule has 236 valence electrons. The fraction of sp³-hybridized carbons (Fsp3) is 0.233. The van der Waals surface area contributed by atoms with Gasteiger partial charge >= 0.3 is 0 Å². The zero-order valence-electron chi connectivity index (χ0n) is 27.0. The lowest BCUT2D eigenvalue weighted by molar-refractivity contribution is -0.00518. The molecular weight excluding hydrogens is 619 g/mol. The van der Waals surface area contributed by atoms with Crippen LogP contribution in [0.15, 0.2) is 109 Å². The first-order chi connectivity index (χ1) is 24.1. The van der Waals surface area contributed by atoms with Crippen molar-refractivity contribution in [3.05, 3.63) is 126 Å². The third-order valence-corrected chi connectivity index (χ3v) is 12.5. The number of pyridine rings is 1. The van der Waals surface area contributed by atoms with Crippen LogP contribution in [0.5, 0.6) is 0 Å². The summed E-state index contributed by atoms with van der Waals surface area (Å²) in [5.41, 5.74) is 8.58. The zero-order valence-corrected chi connectivity index (χ0v) is 27.8. The van der Waals surface area contributed by atoms with E-state index in [1.807, 2.05) is 18.3 Å². The van der Waals surface area contributed by atoms with Crippen molar-refractivity contribution < 1.29 is 0 Å². The molecular formula is C43H33N5S. The van der Waals surface area contributed by atoms with Gasteiger partial charge in [0.1, 0.15) is 0 Å². The van der Waals surface area contributed by atoms with Crippen molar-refractivity contribution in [3.63, 3.8) is 0 Å². The molecule has 0 amide bonds. The number of nitrogens with zero attached hydrogens (tertiary/aromatic N) is 5. The molecule has 4 saturated carbocycles. The minimum atomic E-state index is 0.415. The van der Waals surface area contributed by atoms with Crippen LogP contribution in [0.2, 0.25) is 0 Å². The Balaban J connectivity index is 0.996. The van der Waals surface area contributed by atoms with E-state index in [2.05, 4.69) is 83.7 Å². The normalized spacial score (nSPS) is 22.5. The van der Waals surface area contributed by atoms with Crippen molar-refractivity contribution in [2.45, 2.75) is 43.9 Å². The maximum Gasteiger partial charge on any atom is 0.187 e. The molecule has 4 fully saturated rings. The fourth-order valence-corrected chi connectivity index (χ4v) is 10.6. The van der Waals surface area contributed by atoms with Gasteiger partial charge in [-0.05, 0) is 90.5 Å². The summed E-state index contributed by atoms with van der Waals surface area (Å²) in [7, 11) is 0. The van der Waals surface area contributed by atoms with E-state index in [-0.39, 0.29) is 0 Å². The van der Waals surface area contributed by atoms with E-state index in [4.69, 9.17) is 26.5 Å². The smallest absolute Gasteiger partial charge is 0.187 e. The van der Waals surface area contributed by atoms with Crippen LogP contribution in [0.1, 0.15) is 44.1 Å². The Labute approximate surface area is 289 Å². The first-order valence-electron chi connectivity index (χ1n) is 17.3. The van der Waals surface area contributed by atoms with E-state index < -0.39 is 0 Å². The van der Waals surface area contributed by atoms with E-state index in [1.54, 1.807) is 29.0 Å². The highest BCUT2D eigenvalue weighted by atomic mass is 32.1. The molecule has 7 aromatic rings. The van der Waals surface area contributed by atoms with E-state index in [0.717, 1.165) is 50.0 Å². The lowest BCUT2D eigenvalue weighted by Gasteiger charge is -2.57. The predicted molar refractivity (Wildman–Crippen MR) is 198 cm³/mol. The lowest BCUT2D eigenvalue weighted by atomic mass is 9.48. The summed E-state index contributed by atoms with van der Waals surface area (Å²) in [5.74, 6) is 4.59. The van der Waals surface area contributed by atoms with Crippen molar-refractivity contribution in [2.24, 2.45) is 17.8 Å². The fourth-order valence-electron chi connectivity index (χ4n) is 9.46. The minimum absolute atomic E-state index is 0.415. The Hall–Kier alpha value is -5.25. The highest BCUT2D eigenvalue weighted by Crippen LogP contribution is 2.60. The topological polar surface area (TPSA) is 55.9 Å². The molecule has 4 bridgehead atoms. The van der Waals surface area contributed by atoms with Gasteiger partial charge in [0.15, 0.2) is 23.2 Å². The molecule has 0 N–H and O–H groups in total. The number of hydrogen-bond acceptors (Lipinski definition) is 5. The number of benzene rings is 4. The van der Waals surface area contributed by atoms with Gasteiger partial charge in [-0.2, -0.15) is 0 Å². The van der Waals surface area contributed by atoms with Crippen LogP contribution in [-0.2, 0) is 5.41 Å². The van der Waals surface area contributed by atoms with Crippen molar-refractivity contribution in [3.8, 4) is 45.3 Å². The van der Waals surface area contributed by atoms with Crippen molar-refractivity contribution in [2.75, 3.05) is 0 Å². The molecule has 0 saturated heterocycles. The monoisotopic (exact) mass is 651 g/mol. The van der Waals surface area contributed by atoms with Gasteiger partial charge in [0.25, 0.3) is 0 Å². The van der Waals surface area contributed by atoms with Gasteiger partial charge in [0, 0.05) is 33.0 Å². The summed E-state index contributed by atoms with van der Waals surface area (Å²) >= 11 is 1.73. The summed E-state index contributed by atoms with van der Waals surface area (Å²) in [6, 6.07) is 36.0. The van der Waals surface area contributed by atoms with Gasteiger partial charge in [-0.3, -0.25) is 4.98 Å². The molecule has 0 spiro atoms. The second-order valence-corrected chi connectivity index (χ2v) is 15.6. The van der Waals surface area contributed by atoms with Gasteiger partial charge in [0.2, 0.25) is 0 Å². The van der Waals surface area contributed by atoms with Crippen LogP contribution in [0.4, 0.5) is 5.69 Å². The van der Waals surface area contributed by atoms with Gasteiger partial charge in [0.05, 0.1) is 16.8 Å². The van der Waals surface area contributed by atoms with Gasteiger partial charge in [-0.1, -0.05) is 91.0 Å². The Morgan fingerprint density at radius 3 is 1.73 bits per heavy atom. The average molecular weight is 652 g/mol. The molecule has 0 unspecified atom stereocenters. The first kappa shape index (κ1) is 28.7. The minimum Gasteiger partial charge on any atom is -0.254 e. The lowest BCUT2D eigenvalue weighted by Crippen LogP contribution is -2.48.